The molecular weight excluding hydrogens is 1130 g/mol. The normalized spacial score (nSPS) is 29.2. The fourth-order valence-corrected chi connectivity index (χ4v) is 10.2. The number of carbonyl (C=O) groups is 1. The molecule has 3 aliphatic rings. The summed E-state index contributed by atoms with van der Waals surface area (Å²) in [6, 6.07) is -0.895. The lowest BCUT2D eigenvalue weighted by Crippen LogP contribution is -2.66. The van der Waals surface area contributed by atoms with E-state index in [1.165, 1.54) is 12.8 Å². The predicted molar refractivity (Wildman–Crippen MR) is 341 cm³/mol. The fourth-order valence-electron chi connectivity index (χ4n) is 10.2. The minimum atomic E-state index is -1.98. The molecule has 17 atom stereocenters. The number of amides is 1. The van der Waals surface area contributed by atoms with Crippen LogP contribution in [-0.4, -0.2) is 193 Å². The number of nitrogens with one attached hydrogen (secondary N) is 1. The minimum Gasteiger partial charge on any atom is -0.394 e. The summed E-state index contributed by atoms with van der Waals surface area (Å²) < 4.78 is 34.1. The van der Waals surface area contributed by atoms with Crippen molar-refractivity contribution in [3.8, 4) is 0 Å². The molecule has 12 N–H and O–H groups in total. The molecule has 3 fully saturated rings. The maximum Gasteiger partial charge on any atom is 0.220 e. The highest BCUT2D eigenvalue weighted by atomic mass is 16.8. The first-order valence-corrected chi connectivity index (χ1v) is 32.8. The van der Waals surface area contributed by atoms with Gasteiger partial charge in [-0.15, -0.1) is 0 Å². The van der Waals surface area contributed by atoms with Crippen LogP contribution in [0.3, 0.4) is 0 Å². The van der Waals surface area contributed by atoms with Gasteiger partial charge in [-0.05, 0) is 89.9 Å². The minimum absolute atomic E-state index is 0.246. The van der Waals surface area contributed by atoms with Gasteiger partial charge in [0, 0.05) is 6.42 Å². The highest BCUT2D eigenvalue weighted by Crippen LogP contribution is 2.33. The maximum absolute atomic E-state index is 13.2. The van der Waals surface area contributed by atoms with E-state index < -0.39 is 124 Å². The summed E-state index contributed by atoms with van der Waals surface area (Å²) in [4.78, 5) is 13.2. The van der Waals surface area contributed by atoms with E-state index in [0.717, 1.165) is 122 Å². The second-order valence-electron chi connectivity index (χ2n) is 22.8. The van der Waals surface area contributed by atoms with Crippen molar-refractivity contribution in [2.75, 3.05) is 26.4 Å². The Bertz CT molecular complexity index is 2070. The Morgan fingerprint density at radius 3 is 1.22 bits per heavy atom. The van der Waals surface area contributed by atoms with Crippen molar-refractivity contribution in [2.24, 2.45) is 0 Å². The molecule has 0 aromatic rings. The SMILES string of the molecule is CC/C=C\C/C=C\C/C=C\C/C=C\C/C=C\C/C=C\C/C=C\C/C=C\C/C=C\C/C=C\CCCCCCCCCCC(=O)NC(COC1OC(CO)C(OC2OC(CO)C(OC3OC(CO)C(O)C(O)C3O)C(O)C2O)C(O)C1O)C(O)CCCCCC. The standard InChI is InChI=1S/C69H113NO18/c1-3-5-7-9-10-11-12-13-14-15-16-17-18-19-20-21-22-23-24-25-26-27-28-29-30-31-32-33-34-35-36-37-38-39-40-41-42-43-45-47-57(75)70-52(53(74)46-44-8-6-4-2)51-83-67-63(81)60(78)65(55(49-72)85-67)88-69-64(82)61(79)66(56(50-73)86-69)87-68-62(80)59(77)58(76)54(48-71)84-68/h5,7,10-11,13-14,16-17,19-20,22-23,25-26,28-29,31-32,34-35,52-56,58-69,71-74,76-82H,3-4,6,8-9,12,15,18,21,24,27,30,33,36-51H2,1-2H3,(H,70,75)/b7-5-,11-10-,14-13-,17-16-,20-19-,23-22-,26-25-,29-28-,32-31-,35-34-. The van der Waals surface area contributed by atoms with Crippen LogP contribution < -0.4 is 5.32 Å². The summed E-state index contributed by atoms with van der Waals surface area (Å²) in [7, 11) is 0. The van der Waals surface area contributed by atoms with Crippen molar-refractivity contribution in [2.45, 2.75) is 279 Å². The maximum atomic E-state index is 13.2. The van der Waals surface area contributed by atoms with Crippen molar-refractivity contribution in [3.63, 3.8) is 0 Å². The number of unbranched alkanes of at least 4 members (excludes halogenated alkanes) is 11. The van der Waals surface area contributed by atoms with Gasteiger partial charge in [0.25, 0.3) is 0 Å². The van der Waals surface area contributed by atoms with Crippen LogP contribution in [0.15, 0.2) is 122 Å². The summed E-state index contributed by atoms with van der Waals surface area (Å²) in [5.74, 6) is -0.268. The van der Waals surface area contributed by atoms with E-state index in [-0.39, 0.29) is 18.9 Å². The number of rotatable bonds is 47. The number of aliphatic hydroxyl groups is 11. The first-order chi connectivity index (χ1) is 42.8. The van der Waals surface area contributed by atoms with Crippen molar-refractivity contribution in [1.29, 1.82) is 0 Å². The van der Waals surface area contributed by atoms with Crippen LogP contribution in [0.25, 0.3) is 0 Å². The van der Waals surface area contributed by atoms with E-state index in [4.69, 9.17) is 28.4 Å². The summed E-state index contributed by atoms with van der Waals surface area (Å²) in [6.45, 7) is 1.49. The molecule has 19 nitrogen and oxygen atoms in total. The van der Waals surface area contributed by atoms with E-state index in [0.29, 0.717) is 19.3 Å². The number of ether oxygens (including phenoxy) is 6. The molecule has 3 rings (SSSR count). The highest BCUT2D eigenvalue weighted by molar-refractivity contribution is 5.76. The summed E-state index contributed by atoms with van der Waals surface area (Å²) >= 11 is 0. The summed E-state index contributed by atoms with van der Waals surface area (Å²) in [5, 5.41) is 120. The molecule has 0 saturated carbocycles. The molecule has 0 aromatic heterocycles. The van der Waals surface area contributed by atoms with E-state index in [1.807, 2.05) is 0 Å². The van der Waals surface area contributed by atoms with Crippen LogP contribution >= 0.6 is 0 Å². The molecule has 502 valence electrons. The van der Waals surface area contributed by atoms with Crippen LogP contribution in [0.4, 0.5) is 0 Å². The lowest BCUT2D eigenvalue weighted by molar-refractivity contribution is -0.379. The Morgan fingerprint density at radius 1 is 0.420 bits per heavy atom. The molecule has 17 unspecified atom stereocenters. The molecule has 0 aliphatic carbocycles. The topological polar surface area (TPSA) is 307 Å². The zero-order valence-electron chi connectivity index (χ0n) is 52.6. The van der Waals surface area contributed by atoms with E-state index >= 15 is 0 Å². The van der Waals surface area contributed by atoms with Crippen LogP contribution in [0, 0.1) is 0 Å². The average Bonchev–Trinajstić information content (AvgIpc) is 1.13. The molecule has 0 radical (unpaired) electrons. The number of allylic oxidation sites excluding steroid dienone is 20. The van der Waals surface area contributed by atoms with Gasteiger partial charge in [-0.25, -0.2) is 0 Å². The predicted octanol–water partition coefficient (Wildman–Crippen LogP) is 7.65. The third-order valence-corrected chi connectivity index (χ3v) is 15.6. The molecule has 0 aromatic carbocycles. The van der Waals surface area contributed by atoms with Crippen LogP contribution in [0.5, 0.6) is 0 Å². The van der Waals surface area contributed by atoms with Gasteiger partial charge in [0.15, 0.2) is 18.9 Å². The van der Waals surface area contributed by atoms with Gasteiger partial charge >= 0.3 is 0 Å². The van der Waals surface area contributed by atoms with Gasteiger partial charge < -0.3 is 89.9 Å². The number of hydrogen-bond donors (Lipinski definition) is 12. The van der Waals surface area contributed by atoms with Gasteiger partial charge in [0.1, 0.15) is 73.2 Å². The third-order valence-electron chi connectivity index (χ3n) is 15.6. The zero-order chi connectivity index (χ0) is 64.0. The Morgan fingerprint density at radius 2 is 0.784 bits per heavy atom. The first-order valence-electron chi connectivity index (χ1n) is 32.8. The summed E-state index contributed by atoms with van der Waals surface area (Å²) in [5.41, 5.74) is 0. The average molecular weight is 1240 g/mol. The van der Waals surface area contributed by atoms with Gasteiger partial charge in [-0.2, -0.15) is 0 Å². The Kier molecular flexibility index (Phi) is 44.4. The van der Waals surface area contributed by atoms with Gasteiger partial charge in [0.05, 0.1) is 38.6 Å². The molecule has 1 amide bonds. The fraction of sp³-hybridized carbons (Fsp3) is 0.696. The van der Waals surface area contributed by atoms with Crippen molar-refractivity contribution >= 4 is 5.91 Å². The lowest BCUT2D eigenvalue weighted by atomic mass is 9.96. The summed E-state index contributed by atoms with van der Waals surface area (Å²) in [6.07, 6.45) is 41.2. The van der Waals surface area contributed by atoms with E-state index in [9.17, 15) is 61.0 Å². The quantitative estimate of drug-likeness (QED) is 0.0206. The molecule has 19 heteroatoms. The second kappa shape index (κ2) is 49.8. The zero-order valence-corrected chi connectivity index (χ0v) is 52.6. The van der Waals surface area contributed by atoms with Gasteiger partial charge in [0.2, 0.25) is 5.91 Å². The number of aliphatic hydroxyl groups excluding tert-OH is 11. The number of carbonyl (C=O) groups excluding carboxylic acids is 1. The highest BCUT2D eigenvalue weighted by Gasteiger charge is 2.53. The molecular formula is C69H113NO18. The smallest absolute Gasteiger partial charge is 0.220 e. The van der Waals surface area contributed by atoms with Crippen LogP contribution in [-0.2, 0) is 33.2 Å². The van der Waals surface area contributed by atoms with Crippen LogP contribution in [0.1, 0.15) is 174 Å². The van der Waals surface area contributed by atoms with Crippen molar-refractivity contribution < 1.29 is 89.4 Å². The first kappa shape index (κ1) is 78.4. The van der Waals surface area contributed by atoms with Crippen molar-refractivity contribution in [3.05, 3.63) is 122 Å². The lowest BCUT2D eigenvalue weighted by Gasteiger charge is -2.48. The van der Waals surface area contributed by atoms with Gasteiger partial charge in [-0.3, -0.25) is 4.79 Å². The van der Waals surface area contributed by atoms with E-state index in [1.54, 1.807) is 0 Å². The van der Waals surface area contributed by atoms with Crippen molar-refractivity contribution in [1.82, 2.24) is 5.32 Å². The Labute approximate surface area is 525 Å². The third kappa shape index (κ3) is 32.0. The Balaban J connectivity index is 1.26. The van der Waals surface area contributed by atoms with Gasteiger partial charge in [-0.1, -0.05) is 200 Å². The van der Waals surface area contributed by atoms with Crippen LogP contribution in [0.2, 0.25) is 0 Å². The molecule has 3 aliphatic heterocycles. The largest absolute Gasteiger partial charge is 0.394 e. The Hall–Kier alpha value is -3.81. The molecule has 0 bridgehead atoms. The monoisotopic (exact) mass is 1240 g/mol. The molecule has 0 spiro atoms. The van der Waals surface area contributed by atoms with E-state index in [2.05, 4.69) is 141 Å². The molecule has 88 heavy (non-hydrogen) atoms. The molecule has 3 heterocycles. The second-order valence-corrected chi connectivity index (χ2v) is 22.8. The number of hydrogen-bond acceptors (Lipinski definition) is 18. The molecule has 3 saturated heterocycles.